The molecule has 20 heavy (non-hydrogen) atoms. The number of terminal acetylenes is 1. The molecule has 0 aromatic rings. The number of aliphatic carboxylic acids is 1. The molecule has 112 valence electrons. The van der Waals surface area contributed by atoms with Crippen LogP contribution in [0.15, 0.2) is 0 Å². The molecule has 1 aliphatic rings. The van der Waals surface area contributed by atoms with Crippen molar-refractivity contribution in [1.29, 1.82) is 0 Å². The molecule has 0 aromatic carbocycles. The van der Waals surface area contributed by atoms with Gasteiger partial charge in [0.15, 0.2) is 0 Å². The first kappa shape index (κ1) is 16.4. The number of nitrogens with one attached hydrogen (secondary N) is 1. The molecule has 1 rings (SSSR count). The number of hydrogen-bond donors (Lipinski definition) is 2. The molecule has 0 saturated carbocycles. The van der Waals surface area contributed by atoms with Crippen LogP contribution in [0.2, 0.25) is 0 Å². The van der Waals surface area contributed by atoms with Gasteiger partial charge in [-0.05, 0) is 32.1 Å². The summed E-state index contributed by atoms with van der Waals surface area (Å²) in [6.45, 7) is 2.70. The molecular weight excluding hydrogens is 256 g/mol. The summed E-state index contributed by atoms with van der Waals surface area (Å²) in [4.78, 5) is 24.7. The van der Waals surface area contributed by atoms with Crippen LogP contribution in [-0.2, 0) is 4.79 Å². The fraction of sp³-hybridized carbons (Fsp3) is 0.733. The van der Waals surface area contributed by atoms with Crippen LogP contribution in [-0.4, -0.2) is 40.6 Å². The topological polar surface area (TPSA) is 69.6 Å². The lowest BCUT2D eigenvalue weighted by atomic mass is 9.98. The molecular formula is C15H24N2O3. The third-order valence-corrected chi connectivity index (χ3v) is 3.66. The van der Waals surface area contributed by atoms with E-state index >= 15 is 0 Å². The number of likely N-dealkylation sites (tertiary alicyclic amines) is 1. The normalized spacial score (nSPS) is 20.0. The molecule has 2 N–H and O–H groups in total. The monoisotopic (exact) mass is 280 g/mol. The van der Waals surface area contributed by atoms with Crippen molar-refractivity contribution in [1.82, 2.24) is 10.2 Å². The van der Waals surface area contributed by atoms with Gasteiger partial charge in [-0.1, -0.05) is 19.3 Å². The average Bonchev–Trinajstić information content (AvgIpc) is 2.44. The Kier molecular flexibility index (Phi) is 6.92. The number of carboxylic acids is 1. The van der Waals surface area contributed by atoms with E-state index < -0.39 is 5.97 Å². The van der Waals surface area contributed by atoms with Crippen molar-refractivity contribution in [2.75, 3.05) is 6.54 Å². The third kappa shape index (κ3) is 5.12. The largest absolute Gasteiger partial charge is 0.481 e. The quantitative estimate of drug-likeness (QED) is 0.733. The van der Waals surface area contributed by atoms with Gasteiger partial charge in [-0.25, -0.2) is 4.79 Å². The van der Waals surface area contributed by atoms with Crippen LogP contribution in [0.25, 0.3) is 0 Å². The smallest absolute Gasteiger partial charge is 0.318 e. The summed E-state index contributed by atoms with van der Waals surface area (Å²) in [5, 5.41) is 11.6. The molecule has 2 amide bonds. The molecule has 0 aliphatic carbocycles. The second-order valence-corrected chi connectivity index (χ2v) is 5.23. The second-order valence-electron chi connectivity index (χ2n) is 5.23. The molecule has 0 bridgehead atoms. The van der Waals surface area contributed by atoms with Gasteiger partial charge < -0.3 is 15.3 Å². The van der Waals surface area contributed by atoms with E-state index in [0.717, 1.165) is 32.1 Å². The first-order valence-electron chi connectivity index (χ1n) is 7.33. The van der Waals surface area contributed by atoms with E-state index in [-0.39, 0.29) is 24.5 Å². The van der Waals surface area contributed by atoms with Crippen molar-refractivity contribution in [2.24, 2.45) is 0 Å². The molecule has 0 aromatic heterocycles. The summed E-state index contributed by atoms with van der Waals surface area (Å²) in [5.74, 6) is 1.77. The number of rotatable bonds is 6. The second kappa shape index (κ2) is 8.47. The van der Waals surface area contributed by atoms with E-state index in [4.69, 9.17) is 11.5 Å². The SMILES string of the molecule is C#CC(CCC)NC(=O)N1CCCCC1CCC(=O)O. The van der Waals surface area contributed by atoms with E-state index in [1.807, 2.05) is 6.92 Å². The van der Waals surface area contributed by atoms with Crippen molar-refractivity contribution in [3.63, 3.8) is 0 Å². The number of amides is 2. The predicted molar refractivity (Wildman–Crippen MR) is 77.3 cm³/mol. The number of piperidine rings is 1. The lowest BCUT2D eigenvalue weighted by Crippen LogP contribution is -2.51. The summed E-state index contributed by atoms with van der Waals surface area (Å²) in [7, 11) is 0. The lowest BCUT2D eigenvalue weighted by molar-refractivity contribution is -0.137. The lowest BCUT2D eigenvalue weighted by Gasteiger charge is -2.36. The van der Waals surface area contributed by atoms with Gasteiger partial charge in [-0.2, -0.15) is 0 Å². The highest BCUT2D eigenvalue weighted by atomic mass is 16.4. The maximum Gasteiger partial charge on any atom is 0.318 e. The number of hydrogen-bond acceptors (Lipinski definition) is 2. The summed E-state index contributed by atoms with van der Waals surface area (Å²) in [5.41, 5.74) is 0. The molecule has 1 aliphatic heterocycles. The van der Waals surface area contributed by atoms with Crippen LogP contribution in [0.3, 0.4) is 0 Å². The third-order valence-electron chi connectivity index (χ3n) is 3.66. The Morgan fingerprint density at radius 1 is 1.50 bits per heavy atom. The molecule has 0 radical (unpaired) electrons. The summed E-state index contributed by atoms with van der Waals surface area (Å²) < 4.78 is 0. The molecule has 1 fully saturated rings. The highest BCUT2D eigenvalue weighted by molar-refractivity contribution is 5.75. The number of carbonyl (C=O) groups is 2. The zero-order valence-corrected chi connectivity index (χ0v) is 12.1. The van der Waals surface area contributed by atoms with Gasteiger partial charge in [0.05, 0.1) is 6.04 Å². The minimum absolute atomic E-state index is 0.0138. The Morgan fingerprint density at radius 2 is 2.25 bits per heavy atom. The van der Waals surface area contributed by atoms with Gasteiger partial charge in [0.25, 0.3) is 0 Å². The van der Waals surface area contributed by atoms with Crippen LogP contribution in [0.1, 0.15) is 51.9 Å². The number of nitrogens with zero attached hydrogens (tertiary/aromatic N) is 1. The number of carbonyl (C=O) groups excluding carboxylic acids is 1. The Bertz CT molecular complexity index is 376. The van der Waals surface area contributed by atoms with Gasteiger partial charge in [-0.15, -0.1) is 6.42 Å². The Balaban J connectivity index is 2.57. The van der Waals surface area contributed by atoms with Gasteiger partial charge >= 0.3 is 12.0 Å². The first-order chi connectivity index (χ1) is 9.58. The number of carboxylic acid groups (broad SMARTS) is 1. The van der Waals surface area contributed by atoms with Crippen LogP contribution in [0.4, 0.5) is 4.79 Å². The van der Waals surface area contributed by atoms with Crippen molar-refractivity contribution < 1.29 is 14.7 Å². The summed E-state index contributed by atoms with van der Waals surface area (Å²) in [6.07, 6.45) is 10.6. The maximum absolute atomic E-state index is 12.3. The minimum atomic E-state index is -0.816. The maximum atomic E-state index is 12.3. The molecule has 5 nitrogen and oxygen atoms in total. The highest BCUT2D eigenvalue weighted by Crippen LogP contribution is 2.21. The molecule has 1 saturated heterocycles. The van der Waals surface area contributed by atoms with Crippen LogP contribution >= 0.6 is 0 Å². The molecule has 2 unspecified atom stereocenters. The zero-order valence-electron chi connectivity index (χ0n) is 12.1. The summed E-state index contributed by atoms with van der Waals surface area (Å²) in [6, 6.07) is -0.383. The van der Waals surface area contributed by atoms with Crippen molar-refractivity contribution >= 4 is 12.0 Å². The Labute approximate surface area is 120 Å². The first-order valence-corrected chi connectivity index (χ1v) is 7.33. The zero-order chi connectivity index (χ0) is 15.0. The van der Waals surface area contributed by atoms with Gasteiger partial charge in [0, 0.05) is 19.0 Å². The van der Waals surface area contributed by atoms with E-state index in [1.165, 1.54) is 0 Å². The van der Waals surface area contributed by atoms with Gasteiger partial charge in [0.1, 0.15) is 0 Å². The van der Waals surface area contributed by atoms with Crippen LogP contribution in [0.5, 0.6) is 0 Å². The Morgan fingerprint density at radius 3 is 2.85 bits per heavy atom. The molecule has 0 spiro atoms. The van der Waals surface area contributed by atoms with Crippen LogP contribution < -0.4 is 5.32 Å². The highest BCUT2D eigenvalue weighted by Gasteiger charge is 2.27. The molecule has 2 atom stereocenters. The van der Waals surface area contributed by atoms with E-state index in [1.54, 1.807) is 4.90 Å². The van der Waals surface area contributed by atoms with Crippen molar-refractivity contribution in [2.45, 2.75) is 64.0 Å². The molecule has 5 heteroatoms. The Hall–Kier alpha value is -1.70. The predicted octanol–water partition coefficient (Wildman–Crippen LogP) is 2.22. The van der Waals surface area contributed by atoms with Crippen molar-refractivity contribution in [3.8, 4) is 12.3 Å². The van der Waals surface area contributed by atoms with E-state index in [2.05, 4.69) is 11.2 Å². The average molecular weight is 280 g/mol. The van der Waals surface area contributed by atoms with Crippen molar-refractivity contribution in [3.05, 3.63) is 0 Å². The number of urea groups is 1. The van der Waals surface area contributed by atoms with Gasteiger partial charge in [0.2, 0.25) is 0 Å². The van der Waals surface area contributed by atoms with E-state index in [9.17, 15) is 9.59 Å². The fourth-order valence-corrected chi connectivity index (χ4v) is 2.58. The van der Waals surface area contributed by atoms with Crippen LogP contribution in [0, 0.1) is 12.3 Å². The van der Waals surface area contributed by atoms with Gasteiger partial charge in [-0.3, -0.25) is 4.79 Å². The minimum Gasteiger partial charge on any atom is -0.481 e. The molecule has 1 heterocycles. The standard InChI is InChI=1S/C15H24N2O3/c1-3-7-12(4-2)16-15(20)17-11-6-5-8-13(17)9-10-14(18)19/h2,12-13H,3,5-11H2,1H3,(H,16,20)(H,18,19). The van der Waals surface area contributed by atoms with E-state index in [0.29, 0.717) is 13.0 Å². The fourth-order valence-electron chi connectivity index (χ4n) is 2.58. The summed E-state index contributed by atoms with van der Waals surface area (Å²) >= 11 is 0.